The number of rotatable bonds is 4. The first kappa shape index (κ1) is 16.3. The molecular formula is C5H15NO6PS+. The SMILES string of the molecule is C[N+](C)(C)CCOP=O.O=S(=O)(O)O. The van der Waals surface area contributed by atoms with E-state index in [0.29, 0.717) is 6.61 Å². The first-order valence-corrected chi connectivity index (χ1v) is 5.64. The highest BCUT2D eigenvalue weighted by atomic mass is 32.3. The van der Waals surface area contributed by atoms with Crippen LogP contribution in [0.15, 0.2) is 0 Å². The van der Waals surface area contributed by atoms with Gasteiger partial charge in [-0.25, -0.2) is 4.57 Å². The van der Waals surface area contributed by atoms with Crippen molar-refractivity contribution < 1.29 is 31.1 Å². The number of hydrogen-bond acceptors (Lipinski definition) is 4. The van der Waals surface area contributed by atoms with Crippen LogP contribution in [0.25, 0.3) is 0 Å². The molecule has 0 amide bonds. The van der Waals surface area contributed by atoms with E-state index < -0.39 is 10.4 Å². The average Bonchev–Trinajstić information content (AvgIpc) is 1.80. The minimum atomic E-state index is -4.67. The van der Waals surface area contributed by atoms with Crippen LogP contribution in [-0.2, 0) is 19.5 Å². The van der Waals surface area contributed by atoms with Gasteiger partial charge in [0.1, 0.15) is 13.2 Å². The summed E-state index contributed by atoms with van der Waals surface area (Å²) in [6.45, 7) is 1.43. The smallest absolute Gasteiger partial charge is 0.329 e. The molecule has 0 aliphatic carbocycles. The lowest BCUT2D eigenvalue weighted by Crippen LogP contribution is -2.37. The Morgan fingerprint density at radius 1 is 1.29 bits per heavy atom. The lowest BCUT2D eigenvalue weighted by Gasteiger charge is -2.22. The quantitative estimate of drug-likeness (QED) is 0.320. The maximum absolute atomic E-state index is 9.76. The lowest BCUT2D eigenvalue weighted by atomic mass is 10.5. The molecule has 0 aliphatic heterocycles. The van der Waals surface area contributed by atoms with Crippen LogP contribution in [0, 0.1) is 0 Å². The zero-order chi connectivity index (χ0) is 11.8. The molecule has 0 aliphatic rings. The normalized spacial score (nSPS) is 12.1. The molecule has 0 fully saturated rings. The second-order valence-corrected chi connectivity index (χ2v) is 4.67. The third-order valence-electron chi connectivity index (χ3n) is 0.906. The van der Waals surface area contributed by atoms with Crippen molar-refractivity contribution in [1.82, 2.24) is 0 Å². The fourth-order valence-electron chi connectivity index (χ4n) is 0.352. The van der Waals surface area contributed by atoms with Crippen molar-refractivity contribution in [3.05, 3.63) is 0 Å². The molecule has 9 heteroatoms. The van der Waals surface area contributed by atoms with E-state index in [0.717, 1.165) is 11.0 Å². The molecule has 0 saturated carbocycles. The second kappa shape index (κ2) is 7.22. The predicted octanol–water partition coefficient (Wildman–Crippen LogP) is 0.263. The summed E-state index contributed by atoms with van der Waals surface area (Å²) in [5.74, 6) is 0. The molecule has 0 unspecified atom stereocenters. The molecule has 14 heavy (non-hydrogen) atoms. The summed E-state index contributed by atoms with van der Waals surface area (Å²) in [6.07, 6.45) is 0. The van der Waals surface area contributed by atoms with Gasteiger partial charge in [0.05, 0.1) is 21.1 Å². The minimum Gasteiger partial charge on any atom is -0.329 e. The molecule has 2 N–H and O–H groups in total. The van der Waals surface area contributed by atoms with E-state index in [-0.39, 0.29) is 8.69 Å². The van der Waals surface area contributed by atoms with E-state index in [1.165, 1.54) is 0 Å². The van der Waals surface area contributed by atoms with Gasteiger partial charge in [-0.1, -0.05) is 0 Å². The lowest BCUT2D eigenvalue weighted by molar-refractivity contribution is -0.870. The summed E-state index contributed by atoms with van der Waals surface area (Å²) in [6, 6.07) is 0. The first-order valence-electron chi connectivity index (χ1n) is 3.51. The van der Waals surface area contributed by atoms with Crippen LogP contribution in [0.3, 0.4) is 0 Å². The summed E-state index contributed by atoms with van der Waals surface area (Å²) < 4.78 is 46.8. The predicted molar refractivity (Wildman–Crippen MR) is 50.6 cm³/mol. The average molecular weight is 248 g/mol. The highest BCUT2D eigenvalue weighted by molar-refractivity contribution is 7.79. The Labute approximate surface area is 85.1 Å². The molecule has 0 atom stereocenters. The van der Waals surface area contributed by atoms with Gasteiger partial charge >= 0.3 is 19.1 Å². The molecular weight excluding hydrogens is 233 g/mol. The zero-order valence-electron chi connectivity index (χ0n) is 8.24. The molecule has 0 aromatic rings. The molecule has 0 heterocycles. The van der Waals surface area contributed by atoms with Crippen molar-refractivity contribution in [2.75, 3.05) is 34.3 Å². The van der Waals surface area contributed by atoms with Crippen molar-refractivity contribution >= 4 is 19.1 Å². The monoisotopic (exact) mass is 248 g/mol. The molecule has 0 saturated heterocycles. The van der Waals surface area contributed by atoms with Crippen molar-refractivity contribution in [1.29, 1.82) is 0 Å². The van der Waals surface area contributed by atoms with E-state index in [2.05, 4.69) is 25.7 Å². The van der Waals surface area contributed by atoms with E-state index in [9.17, 15) is 4.57 Å². The number of nitrogens with zero attached hydrogens (tertiary/aromatic N) is 1. The van der Waals surface area contributed by atoms with Gasteiger partial charge in [0.15, 0.2) is 0 Å². The summed E-state index contributed by atoms with van der Waals surface area (Å²) in [5.41, 5.74) is 0. The Hall–Kier alpha value is -0.110. The van der Waals surface area contributed by atoms with Crippen LogP contribution >= 0.6 is 8.69 Å². The maximum Gasteiger partial charge on any atom is 0.394 e. The summed E-state index contributed by atoms with van der Waals surface area (Å²) in [5, 5.41) is 0. The molecule has 0 aromatic heterocycles. The van der Waals surface area contributed by atoms with Gasteiger partial charge in [0, 0.05) is 0 Å². The molecule has 7 nitrogen and oxygen atoms in total. The van der Waals surface area contributed by atoms with Crippen LogP contribution in [0.5, 0.6) is 0 Å². The molecule has 0 bridgehead atoms. The fourth-order valence-corrected chi connectivity index (χ4v) is 0.508. The number of hydrogen-bond donors (Lipinski definition) is 2. The summed E-state index contributed by atoms with van der Waals surface area (Å²) >= 11 is 0. The van der Waals surface area contributed by atoms with Crippen molar-refractivity contribution in [3.8, 4) is 0 Å². The molecule has 0 spiro atoms. The van der Waals surface area contributed by atoms with Crippen molar-refractivity contribution in [2.45, 2.75) is 0 Å². The van der Waals surface area contributed by atoms with Crippen LogP contribution in [0.2, 0.25) is 0 Å². The van der Waals surface area contributed by atoms with Crippen LogP contribution in [0.1, 0.15) is 0 Å². The van der Waals surface area contributed by atoms with Gasteiger partial charge in [-0.2, -0.15) is 8.42 Å². The Balaban J connectivity index is 0. The second-order valence-electron chi connectivity index (χ2n) is 3.37. The standard InChI is InChI=1S/C5H13NO2P.H2O4S/c1-6(2,3)4-5-8-9-7;1-5(2,3)4/h4-5H2,1-3H3;(H2,1,2,3,4)/q+1;. The zero-order valence-corrected chi connectivity index (χ0v) is 9.96. The van der Waals surface area contributed by atoms with E-state index in [1.807, 2.05) is 0 Å². The van der Waals surface area contributed by atoms with Gasteiger partial charge < -0.3 is 4.48 Å². The first-order chi connectivity index (χ1) is 6.06. The highest BCUT2D eigenvalue weighted by Crippen LogP contribution is 1.96. The Morgan fingerprint density at radius 3 is 1.86 bits per heavy atom. The maximum atomic E-state index is 9.76. The molecule has 0 aromatic carbocycles. The largest absolute Gasteiger partial charge is 0.394 e. The van der Waals surface area contributed by atoms with E-state index in [1.54, 1.807) is 0 Å². The van der Waals surface area contributed by atoms with Crippen molar-refractivity contribution in [3.63, 3.8) is 0 Å². The van der Waals surface area contributed by atoms with Gasteiger partial charge in [-0.3, -0.25) is 13.6 Å². The van der Waals surface area contributed by atoms with Gasteiger partial charge in [-0.15, -0.1) is 0 Å². The molecule has 0 radical (unpaired) electrons. The van der Waals surface area contributed by atoms with Gasteiger partial charge in [0.2, 0.25) is 0 Å². The van der Waals surface area contributed by atoms with Crippen LogP contribution < -0.4 is 0 Å². The van der Waals surface area contributed by atoms with Crippen molar-refractivity contribution in [2.24, 2.45) is 0 Å². The highest BCUT2D eigenvalue weighted by Gasteiger charge is 2.04. The van der Waals surface area contributed by atoms with Gasteiger partial charge in [0.25, 0.3) is 0 Å². The molecule has 0 rings (SSSR count). The molecule has 86 valence electrons. The summed E-state index contributed by atoms with van der Waals surface area (Å²) in [4.78, 5) is 0. The minimum absolute atomic E-state index is 0.217. The van der Waals surface area contributed by atoms with Crippen LogP contribution in [0.4, 0.5) is 0 Å². The topological polar surface area (TPSA) is 101 Å². The Bertz CT molecular complexity index is 237. The Kier molecular flexibility index (Phi) is 8.42. The Morgan fingerprint density at radius 2 is 1.64 bits per heavy atom. The number of likely N-dealkylation sites (N-methyl/N-ethyl adjacent to an activating group) is 1. The third-order valence-corrected chi connectivity index (χ3v) is 1.19. The van der Waals surface area contributed by atoms with E-state index >= 15 is 0 Å². The van der Waals surface area contributed by atoms with Gasteiger partial charge in [-0.05, 0) is 0 Å². The van der Waals surface area contributed by atoms with E-state index in [4.69, 9.17) is 17.5 Å². The van der Waals surface area contributed by atoms with Crippen LogP contribution in [-0.4, -0.2) is 56.3 Å². The fraction of sp³-hybridized carbons (Fsp3) is 1.00. The number of quaternary nitrogens is 1. The summed E-state index contributed by atoms with van der Waals surface area (Å²) in [7, 11) is 1.30. The third kappa shape index (κ3) is 40.6.